The lowest BCUT2D eigenvalue weighted by Crippen LogP contribution is -2.43. The summed E-state index contributed by atoms with van der Waals surface area (Å²) in [6.07, 6.45) is -6.29. The number of hydrogen-bond acceptors (Lipinski definition) is 5. The number of aliphatic hydroxyl groups is 1. The number of thiophene rings is 1. The van der Waals surface area contributed by atoms with E-state index in [2.05, 4.69) is 9.97 Å². The van der Waals surface area contributed by atoms with E-state index in [1.807, 2.05) is 4.90 Å². The van der Waals surface area contributed by atoms with Crippen LogP contribution in [0.4, 0.5) is 13.2 Å². The van der Waals surface area contributed by atoms with Gasteiger partial charge < -0.3 is 10.1 Å². The molecule has 23 heavy (non-hydrogen) atoms. The molecule has 126 valence electrons. The predicted molar refractivity (Wildman–Crippen MR) is 80.3 cm³/mol. The lowest BCUT2D eigenvalue weighted by Gasteiger charge is -2.34. The number of H-pyrrole nitrogens is 1. The van der Waals surface area contributed by atoms with Gasteiger partial charge in [-0.25, -0.2) is 4.98 Å². The number of nitrogens with zero attached hydrogens (tertiary/aromatic N) is 2. The van der Waals surface area contributed by atoms with Crippen LogP contribution in [0.2, 0.25) is 0 Å². The van der Waals surface area contributed by atoms with Crippen molar-refractivity contribution in [3.05, 3.63) is 27.6 Å². The molecule has 3 heterocycles. The normalized spacial score (nSPS) is 19.3. The largest absolute Gasteiger partial charge is 0.414 e. The van der Waals surface area contributed by atoms with Crippen LogP contribution in [0.5, 0.6) is 0 Å². The van der Waals surface area contributed by atoms with Crippen LogP contribution in [0.25, 0.3) is 10.2 Å². The molecule has 1 aliphatic heterocycles. The molecule has 3 rings (SSSR count). The molecular weight excluding hydrogens is 331 g/mol. The number of aromatic amines is 1. The van der Waals surface area contributed by atoms with Crippen LogP contribution in [0, 0.1) is 5.92 Å². The minimum Gasteiger partial charge on any atom is -0.383 e. The molecule has 1 unspecified atom stereocenters. The molecule has 5 nitrogen and oxygen atoms in total. The third kappa shape index (κ3) is 3.56. The Labute approximate surface area is 133 Å². The van der Waals surface area contributed by atoms with Crippen LogP contribution in [0.15, 0.2) is 16.2 Å². The zero-order chi connectivity index (χ0) is 16.6. The molecular formula is C14H16F3N3O2S. The van der Waals surface area contributed by atoms with Gasteiger partial charge in [0.25, 0.3) is 5.56 Å². The van der Waals surface area contributed by atoms with E-state index in [1.165, 1.54) is 11.3 Å². The first-order valence-electron chi connectivity index (χ1n) is 7.28. The van der Waals surface area contributed by atoms with Crippen molar-refractivity contribution in [3.63, 3.8) is 0 Å². The molecule has 0 bridgehead atoms. The fraction of sp³-hybridized carbons (Fsp3) is 0.571. The van der Waals surface area contributed by atoms with Gasteiger partial charge in [-0.15, -0.1) is 11.3 Å². The highest BCUT2D eigenvalue weighted by Crippen LogP contribution is 2.31. The number of rotatable bonds is 3. The Morgan fingerprint density at radius 1 is 1.43 bits per heavy atom. The summed E-state index contributed by atoms with van der Waals surface area (Å²) >= 11 is 1.32. The summed E-state index contributed by atoms with van der Waals surface area (Å²) in [5.74, 6) is -0.256. The van der Waals surface area contributed by atoms with Crippen LogP contribution in [0.1, 0.15) is 18.7 Å². The van der Waals surface area contributed by atoms with Crippen molar-refractivity contribution in [2.24, 2.45) is 5.92 Å². The second-order valence-electron chi connectivity index (χ2n) is 5.75. The molecule has 1 saturated heterocycles. The summed E-state index contributed by atoms with van der Waals surface area (Å²) in [5, 5.41) is 11.1. The number of halogens is 3. The third-order valence-corrected chi connectivity index (χ3v) is 5.05. The zero-order valence-corrected chi connectivity index (χ0v) is 13.0. The molecule has 0 radical (unpaired) electrons. The van der Waals surface area contributed by atoms with Crippen LogP contribution in [0.3, 0.4) is 0 Å². The van der Waals surface area contributed by atoms with E-state index in [1.54, 1.807) is 11.4 Å². The first-order chi connectivity index (χ1) is 10.8. The van der Waals surface area contributed by atoms with Gasteiger partial charge in [0, 0.05) is 0 Å². The minimum atomic E-state index is -4.57. The Kier molecular flexibility index (Phi) is 4.43. The van der Waals surface area contributed by atoms with E-state index in [4.69, 9.17) is 0 Å². The van der Waals surface area contributed by atoms with Gasteiger partial charge in [-0.05, 0) is 43.3 Å². The maximum absolute atomic E-state index is 12.5. The molecule has 9 heteroatoms. The number of likely N-dealkylation sites (tertiary alicyclic amines) is 1. The van der Waals surface area contributed by atoms with Gasteiger partial charge >= 0.3 is 6.18 Å². The molecule has 0 aliphatic carbocycles. The average Bonchev–Trinajstić information content (AvgIpc) is 2.95. The van der Waals surface area contributed by atoms with E-state index < -0.39 is 18.2 Å². The van der Waals surface area contributed by atoms with Crippen molar-refractivity contribution >= 4 is 21.6 Å². The molecule has 1 fully saturated rings. The quantitative estimate of drug-likeness (QED) is 0.892. The minimum absolute atomic E-state index is 0.192. The van der Waals surface area contributed by atoms with Crippen molar-refractivity contribution < 1.29 is 18.3 Å². The lowest BCUT2D eigenvalue weighted by molar-refractivity contribution is -0.223. The Bertz CT molecular complexity index is 735. The Morgan fingerprint density at radius 2 is 2.13 bits per heavy atom. The smallest absolute Gasteiger partial charge is 0.383 e. The van der Waals surface area contributed by atoms with E-state index in [0.717, 1.165) is 0 Å². The maximum Gasteiger partial charge on any atom is 0.414 e. The monoisotopic (exact) mass is 347 g/mol. The molecule has 1 atom stereocenters. The highest BCUT2D eigenvalue weighted by molar-refractivity contribution is 7.17. The third-order valence-electron chi connectivity index (χ3n) is 4.15. The van der Waals surface area contributed by atoms with Crippen molar-refractivity contribution in [2.45, 2.75) is 31.7 Å². The summed E-state index contributed by atoms with van der Waals surface area (Å²) in [7, 11) is 0. The molecule has 0 amide bonds. The number of fused-ring (bicyclic) bond motifs is 1. The van der Waals surface area contributed by atoms with E-state index >= 15 is 0 Å². The predicted octanol–water partition coefficient (Wildman–Crippen LogP) is 2.12. The Hall–Kier alpha value is -1.45. The number of piperidine rings is 1. The van der Waals surface area contributed by atoms with Crippen molar-refractivity contribution in [2.75, 3.05) is 13.1 Å². The summed E-state index contributed by atoms with van der Waals surface area (Å²) in [6, 6.07) is 1.77. The van der Waals surface area contributed by atoms with Crippen LogP contribution < -0.4 is 5.56 Å². The SMILES string of the molecule is O=c1[nH]c(CN2CCC(C(O)C(F)(F)F)CC2)nc2ccsc12. The number of aromatic nitrogens is 2. The first-order valence-corrected chi connectivity index (χ1v) is 8.16. The van der Waals surface area contributed by atoms with Gasteiger partial charge in [0.1, 0.15) is 10.5 Å². The first kappa shape index (κ1) is 16.4. The molecule has 2 aromatic rings. The van der Waals surface area contributed by atoms with Gasteiger partial charge in [0.15, 0.2) is 6.10 Å². The number of alkyl halides is 3. The van der Waals surface area contributed by atoms with E-state index in [9.17, 15) is 23.1 Å². The Balaban J connectivity index is 1.63. The van der Waals surface area contributed by atoms with Gasteiger partial charge in [-0.1, -0.05) is 0 Å². The summed E-state index contributed by atoms with van der Waals surface area (Å²) in [5.41, 5.74) is 0.443. The summed E-state index contributed by atoms with van der Waals surface area (Å²) < 4.78 is 38.2. The fourth-order valence-corrected chi connectivity index (χ4v) is 3.63. The number of hydrogen-bond donors (Lipinski definition) is 2. The van der Waals surface area contributed by atoms with E-state index in [-0.39, 0.29) is 18.4 Å². The number of nitrogens with one attached hydrogen (secondary N) is 1. The van der Waals surface area contributed by atoms with Crippen molar-refractivity contribution in [3.8, 4) is 0 Å². The van der Waals surface area contributed by atoms with Crippen LogP contribution in [-0.2, 0) is 6.54 Å². The molecule has 2 N–H and O–H groups in total. The topological polar surface area (TPSA) is 69.2 Å². The fourth-order valence-electron chi connectivity index (χ4n) is 2.90. The maximum atomic E-state index is 12.5. The molecule has 0 spiro atoms. The molecule has 0 aromatic carbocycles. The van der Waals surface area contributed by atoms with Gasteiger partial charge in [0.2, 0.25) is 0 Å². The van der Waals surface area contributed by atoms with Crippen LogP contribution >= 0.6 is 11.3 Å². The highest BCUT2D eigenvalue weighted by Gasteiger charge is 2.44. The van der Waals surface area contributed by atoms with Crippen molar-refractivity contribution in [1.29, 1.82) is 0 Å². The Morgan fingerprint density at radius 3 is 2.78 bits per heavy atom. The average molecular weight is 347 g/mol. The van der Waals surface area contributed by atoms with Crippen molar-refractivity contribution in [1.82, 2.24) is 14.9 Å². The van der Waals surface area contributed by atoms with Gasteiger partial charge in [0.05, 0.1) is 12.1 Å². The standard InChI is InChI=1S/C14H16F3N3O2S/c15-14(16,17)12(21)8-1-4-20(5-2-8)7-10-18-9-3-6-23-11(9)13(22)19-10/h3,6,8,12,21H,1-2,4-5,7H2,(H,18,19,22). The molecule has 2 aromatic heterocycles. The summed E-state index contributed by atoms with van der Waals surface area (Å²) in [4.78, 5) is 20.9. The highest BCUT2D eigenvalue weighted by atomic mass is 32.1. The zero-order valence-electron chi connectivity index (χ0n) is 12.1. The second kappa shape index (κ2) is 6.21. The van der Waals surface area contributed by atoms with Crippen LogP contribution in [-0.4, -0.2) is 45.3 Å². The second-order valence-corrected chi connectivity index (χ2v) is 6.66. The lowest BCUT2D eigenvalue weighted by atomic mass is 9.91. The van der Waals surface area contributed by atoms with Gasteiger partial charge in [-0.3, -0.25) is 9.69 Å². The van der Waals surface area contributed by atoms with Gasteiger partial charge in [-0.2, -0.15) is 13.2 Å². The van der Waals surface area contributed by atoms with E-state index in [0.29, 0.717) is 35.7 Å². The molecule has 0 saturated carbocycles. The number of aliphatic hydroxyl groups excluding tert-OH is 1. The summed E-state index contributed by atoms with van der Waals surface area (Å²) in [6.45, 7) is 1.25. The molecule has 1 aliphatic rings.